The number of hydrogen-bond donors (Lipinski definition) is 1. The molecule has 0 spiro atoms. The maximum Gasteiger partial charge on any atom is 0.356 e. The summed E-state index contributed by atoms with van der Waals surface area (Å²) >= 11 is 5.54. The summed E-state index contributed by atoms with van der Waals surface area (Å²) in [5.74, 6) is 1.03. The molecule has 0 fully saturated rings. The lowest BCUT2D eigenvalue weighted by atomic mass is 10.3. The number of terminal acetylenes is 1. The van der Waals surface area contributed by atoms with Crippen LogP contribution in [0.1, 0.15) is 16.2 Å². The van der Waals surface area contributed by atoms with Crippen LogP contribution in [0.15, 0.2) is 12.1 Å². The Balaban J connectivity index is 3.28. The number of carboxylic acid groups (broad SMARTS) is 1. The van der Waals surface area contributed by atoms with Gasteiger partial charge in [0.15, 0.2) is 5.69 Å². The lowest BCUT2D eigenvalue weighted by Gasteiger charge is -1.96. The molecular weight excluding hydrogens is 178 g/mol. The van der Waals surface area contributed by atoms with Crippen LogP contribution in [0, 0.1) is 12.3 Å². The Morgan fingerprint density at radius 2 is 2.33 bits per heavy atom. The second-order valence-electron chi connectivity index (χ2n) is 1.98. The maximum atomic E-state index is 10.5. The number of aromatic nitrogens is 1. The molecule has 0 saturated carbocycles. The van der Waals surface area contributed by atoms with Gasteiger partial charge in [0.05, 0.1) is 5.02 Å². The van der Waals surface area contributed by atoms with Crippen LogP contribution in [0.25, 0.3) is 0 Å². The molecule has 1 aromatic heterocycles. The van der Waals surface area contributed by atoms with Crippen molar-refractivity contribution in [2.24, 2.45) is 0 Å². The van der Waals surface area contributed by atoms with Gasteiger partial charge in [-0.25, -0.2) is 9.78 Å². The highest BCUT2D eigenvalue weighted by Crippen LogP contribution is 2.13. The van der Waals surface area contributed by atoms with Gasteiger partial charge in [0.2, 0.25) is 0 Å². The summed E-state index contributed by atoms with van der Waals surface area (Å²) in [4.78, 5) is 14.1. The minimum absolute atomic E-state index is 0.0847. The van der Waals surface area contributed by atoms with E-state index in [1.54, 1.807) is 0 Å². The Kier molecular flexibility index (Phi) is 2.32. The van der Waals surface area contributed by atoms with E-state index in [1.165, 1.54) is 12.1 Å². The lowest BCUT2D eigenvalue weighted by molar-refractivity contribution is 0.0690. The number of halogens is 1. The zero-order valence-corrected chi connectivity index (χ0v) is 6.67. The number of carbonyl (C=O) groups is 1. The fraction of sp³-hybridized carbons (Fsp3) is 0. The van der Waals surface area contributed by atoms with Gasteiger partial charge < -0.3 is 5.11 Å². The molecule has 0 unspecified atom stereocenters. The molecule has 0 radical (unpaired) electrons. The molecule has 0 aliphatic rings. The van der Waals surface area contributed by atoms with Crippen LogP contribution in [0.4, 0.5) is 0 Å². The van der Waals surface area contributed by atoms with Crippen molar-refractivity contribution in [1.29, 1.82) is 0 Å². The zero-order chi connectivity index (χ0) is 9.14. The lowest BCUT2D eigenvalue weighted by Crippen LogP contribution is -2.02. The number of rotatable bonds is 1. The molecule has 0 saturated heterocycles. The molecular formula is C8H4ClNO2. The largest absolute Gasteiger partial charge is 0.476 e. The molecule has 0 amide bonds. The standard InChI is InChI=1S/C8H4ClNO2/c1-2-5-3-4-6(9)7(10-5)8(11)12/h1,3-4H,(H,11,12). The van der Waals surface area contributed by atoms with Crippen molar-refractivity contribution in [2.75, 3.05) is 0 Å². The molecule has 3 nitrogen and oxygen atoms in total. The molecule has 0 aliphatic carbocycles. The topological polar surface area (TPSA) is 50.2 Å². The van der Waals surface area contributed by atoms with Crippen LogP contribution in [-0.2, 0) is 0 Å². The molecule has 0 aromatic carbocycles. The van der Waals surface area contributed by atoms with Gasteiger partial charge in [0.25, 0.3) is 0 Å². The van der Waals surface area contributed by atoms with Gasteiger partial charge in [0.1, 0.15) is 5.69 Å². The SMILES string of the molecule is C#Cc1ccc(Cl)c(C(=O)O)n1. The molecule has 4 heteroatoms. The average Bonchev–Trinajstić information content (AvgIpc) is 2.05. The maximum absolute atomic E-state index is 10.5. The quantitative estimate of drug-likeness (QED) is 0.667. The number of carboxylic acids is 1. The van der Waals surface area contributed by atoms with E-state index in [1.807, 2.05) is 0 Å². The summed E-state index contributed by atoms with van der Waals surface area (Å²) in [7, 11) is 0. The van der Waals surface area contributed by atoms with Gasteiger partial charge in [0, 0.05) is 0 Å². The summed E-state index contributed by atoms with van der Waals surface area (Å²) in [6.45, 7) is 0. The molecule has 12 heavy (non-hydrogen) atoms. The fourth-order valence-electron chi connectivity index (χ4n) is 0.673. The smallest absolute Gasteiger partial charge is 0.356 e. The van der Waals surface area contributed by atoms with Crippen molar-refractivity contribution in [3.63, 3.8) is 0 Å². The number of aromatic carboxylic acids is 1. The van der Waals surface area contributed by atoms with Gasteiger partial charge in [-0.15, -0.1) is 6.42 Å². The van der Waals surface area contributed by atoms with E-state index in [0.29, 0.717) is 0 Å². The van der Waals surface area contributed by atoms with Crippen LogP contribution in [0.5, 0.6) is 0 Å². The Morgan fingerprint density at radius 3 is 2.83 bits per heavy atom. The predicted molar refractivity (Wildman–Crippen MR) is 44.1 cm³/mol. The Bertz CT molecular complexity index is 368. The van der Waals surface area contributed by atoms with Crippen molar-refractivity contribution >= 4 is 17.6 Å². The first-order valence-corrected chi connectivity index (χ1v) is 3.39. The molecule has 0 bridgehead atoms. The normalized spacial score (nSPS) is 9.00. The molecule has 1 aromatic rings. The third kappa shape index (κ3) is 1.55. The van der Waals surface area contributed by atoms with Crippen molar-refractivity contribution in [3.05, 3.63) is 28.5 Å². The molecule has 1 N–H and O–H groups in total. The van der Waals surface area contributed by atoms with Crippen molar-refractivity contribution < 1.29 is 9.90 Å². The highest BCUT2D eigenvalue weighted by molar-refractivity contribution is 6.33. The zero-order valence-electron chi connectivity index (χ0n) is 5.91. The van der Waals surface area contributed by atoms with Gasteiger partial charge in [-0.1, -0.05) is 17.5 Å². The number of nitrogens with zero attached hydrogens (tertiary/aromatic N) is 1. The van der Waals surface area contributed by atoms with Crippen molar-refractivity contribution in [2.45, 2.75) is 0 Å². The van der Waals surface area contributed by atoms with Gasteiger partial charge >= 0.3 is 5.97 Å². The Labute approximate surface area is 74.0 Å². The van der Waals surface area contributed by atoms with Crippen LogP contribution in [-0.4, -0.2) is 16.1 Å². The number of hydrogen-bond acceptors (Lipinski definition) is 2. The van der Waals surface area contributed by atoms with Gasteiger partial charge in [-0.05, 0) is 12.1 Å². The fourth-order valence-corrected chi connectivity index (χ4v) is 0.859. The first kappa shape index (κ1) is 8.57. The monoisotopic (exact) mass is 181 g/mol. The molecule has 0 atom stereocenters. The molecule has 60 valence electrons. The third-order valence-corrected chi connectivity index (χ3v) is 1.50. The van der Waals surface area contributed by atoms with Crippen LogP contribution >= 0.6 is 11.6 Å². The third-order valence-electron chi connectivity index (χ3n) is 1.20. The van der Waals surface area contributed by atoms with Crippen molar-refractivity contribution in [1.82, 2.24) is 4.98 Å². The van der Waals surface area contributed by atoms with Crippen LogP contribution in [0.2, 0.25) is 5.02 Å². The highest BCUT2D eigenvalue weighted by Gasteiger charge is 2.09. The molecule has 1 heterocycles. The number of pyridine rings is 1. The van der Waals surface area contributed by atoms with E-state index in [0.717, 1.165) is 0 Å². The summed E-state index contributed by atoms with van der Waals surface area (Å²) < 4.78 is 0. The van der Waals surface area contributed by atoms with Crippen LogP contribution < -0.4 is 0 Å². The summed E-state index contributed by atoms with van der Waals surface area (Å²) in [5.41, 5.74) is 0.0453. The average molecular weight is 182 g/mol. The Hall–Kier alpha value is -1.53. The molecule has 1 rings (SSSR count). The van der Waals surface area contributed by atoms with Gasteiger partial charge in [-0.2, -0.15) is 0 Å². The minimum atomic E-state index is -1.18. The minimum Gasteiger partial charge on any atom is -0.476 e. The highest BCUT2D eigenvalue weighted by atomic mass is 35.5. The van der Waals surface area contributed by atoms with Gasteiger partial charge in [-0.3, -0.25) is 0 Å². The van der Waals surface area contributed by atoms with E-state index < -0.39 is 5.97 Å². The first-order valence-electron chi connectivity index (χ1n) is 3.01. The second kappa shape index (κ2) is 3.24. The second-order valence-corrected chi connectivity index (χ2v) is 2.38. The molecule has 0 aliphatic heterocycles. The first-order chi connectivity index (χ1) is 5.65. The summed E-state index contributed by atoms with van der Waals surface area (Å²) in [5, 5.41) is 8.65. The van der Waals surface area contributed by atoms with E-state index >= 15 is 0 Å². The predicted octanol–water partition coefficient (Wildman–Crippen LogP) is 1.41. The van der Waals surface area contributed by atoms with E-state index in [4.69, 9.17) is 23.1 Å². The summed E-state index contributed by atoms with van der Waals surface area (Å²) in [6.07, 6.45) is 5.02. The van der Waals surface area contributed by atoms with E-state index in [-0.39, 0.29) is 16.4 Å². The summed E-state index contributed by atoms with van der Waals surface area (Å²) in [6, 6.07) is 2.89. The van der Waals surface area contributed by atoms with E-state index in [9.17, 15) is 4.79 Å². The van der Waals surface area contributed by atoms with E-state index in [2.05, 4.69) is 10.9 Å². The van der Waals surface area contributed by atoms with Crippen LogP contribution in [0.3, 0.4) is 0 Å². The Morgan fingerprint density at radius 1 is 1.67 bits per heavy atom. The van der Waals surface area contributed by atoms with Crippen molar-refractivity contribution in [3.8, 4) is 12.3 Å².